The number of carboxylic acid groups (broad SMARTS) is 1. The Hall–Kier alpha value is -1.42. The van der Waals surface area contributed by atoms with Crippen molar-refractivity contribution in [2.45, 2.75) is 13.0 Å². The van der Waals surface area contributed by atoms with E-state index in [1.54, 1.807) is 0 Å². The molecule has 1 atom stereocenters. The highest BCUT2D eigenvalue weighted by Gasteiger charge is 2.18. The molecule has 0 aliphatic rings. The first-order valence-electron chi connectivity index (χ1n) is 3.70. The molecule has 0 aliphatic carbocycles. The highest BCUT2D eigenvalue weighted by molar-refractivity contribution is 5.74. The number of aliphatic hydroxyl groups is 1. The molecule has 0 saturated heterocycles. The molecule has 4 heteroatoms. The van der Waals surface area contributed by atoms with Crippen molar-refractivity contribution < 1.29 is 19.4 Å². The number of aliphatic hydroxyl groups excluding tert-OH is 1. The Balaban J connectivity index is 3.15. The third-order valence-corrected chi connectivity index (χ3v) is 1.84. The third kappa shape index (κ3) is 1.84. The molecule has 1 aromatic rings. The van der Waals surface area contributed by atoms with Crippen LogP contribution in [0.4, 0.5) is 4.39 Å². The van der Waals surface area contributed by atoms with Crippen LogP contribution in [0.3, 0.4) is 0 Å². The molecular formula is C9H9FO3. The van der Waals surface area contributed by atoms with Gasteiger partial charge in [0, 0.05) is 0 Å². The van der Waals surface area contributed by atoms with E-state index in [2.05, 4.69) is 0 Å². The van der Waals surface area contributed by atoms with Crippen LogP contribution in [0.2, 0.25) is 0 Å². The van der Waals surface area contributed by atoms with Gasteiger partial charge in [-0.3, -0.25) is 0 Å². The van der Waals surface area contributed by atoms with Gasteiger partial charge in [-0.05, 0) is 24.1 Å². The molecule has 13 heavy (non-hydrogen) atoms. The van der Waals surface area contributed by atoms with Crippen LogP contribution in [-0.2, 0) is 4.79 Å². The van der Waals surface area contributed by atoms with Gasteiger partial charge in [0.05, 0.1) is 0 Å². The predicted molar refractivity (Wildman–Crippen MR) is 43.7 cm³/mol. The van der Waals surface area contributed by atoms with Gasteiger partial charge in [-0.25, -0.2) is 9.18 Å². The Morgan fingerprint density at radius 1 is 1.54 bits per heavy atom. The predicted octanol–water partition coefficient (Wildman–Crippen LogP) is 1.25. The normalized spacial score (nSPS) is 12.5. The standard InChI is InChI=1S/C9H9FO3/c1-5-6(8(11)9(12)13)3-2-4-7(5)10/h2-4,8,11H,1H3,(H,12,13)/t8-/m0/s1. The van der Waals surface area contributed by atoms with E-state index in [4.69, 9.17) is 10.2 Å². The molecular weight excluding hydrogens is 175 g/mol. The maximum atomic E-state index is 12.9. The molecule has 0 aromatic heterocycles. The first-order chi connectivity index (χ1) is 6.04. The van der Waals surface area contributed by atoms with E-state index >= 15 is 0 Å². The average molecular weight is 184 g/mol. The molecule has 3 nitrogen and oxygen atoms in total. The topological polar surface area (TPSA) is 57.5 Å². The molecule has 70 valence electrons. The maximum absolute atomic E-state index is 12.9. The second-order valence-electron chi connectivity index (χ2n) is 2.69. The van der Waals surface area contributed by atoms with Gasteiger partial charge < -0.3 is 10.2 Å². The zero-order valence-corrected chi connectivity index (χ0v) is 6.99. The van der Waals surface area contributed by atoms with Gasteiger partial charge in [0.2, 0.25) is 0 Å². The summed E-state index contributed by atoms with van der Waals surface area (Å²) in [5.74, 6) is -1.90. The number of halogens is 1. The number of carboxylic acids is 1. The monoisotopic (exact) mass is 184 g/mol. The van der Waals surface area contributed by atoms with Crippen LogP contribution < -0.4 is 0 Å². The average Bonchev–Trinajstić information content (AvgIpc) is 2.08. The molecule has 1 aromatic carbocycles. The first kappa shape index (κ1) is 9.67. The summed E-state index contributed by atoms with van der Waals surface area (Å²) >= 11 is 0. The second-order valence-corrected chi connectivity index (χ2v) is 2.69. The van der Waals surface area contributed by atoms with Crippen molar-refractivity contribution in [1.29, 1.82) is 0 Å². The number of benzene rings is 1. The number of carbonyl (C=O) groups is 1. The fourth-order valence-corrected chi connectivity index (χ4v) is 1.05. The largest absolute Gasteiger partial charge is 0.479 e. The summed E-state index contributed by atoms with van der Waals surface area (Å²) in [5.41, 5.74) is 0.255. The van der Waals surface area contributed by atoms with Crippen molar-refractivity contribution in [1.82, 2.24) is 0 Å². The quantitative estimate of drug-likeness (QED) is 0.727. The van der Waals surface area contributed by atoms with Crippen LogP contribution in [0.15, 0.2) is 18.2 Å². The minimum Gasteiger partial charge on any atom is -0.479 e. The van der Waals surface area contributed by atoms with E-state index in [1.165, 1.54) is 25.1 Å². The SMILES string of the molecule is Cc1c(F)cccc1[C@H](O)C(=O)O. The van der Waals surface area contributed by atoms with Crippen LogP contribution >= 0.6 is 0 Å². The molecule has 0 spiro atoms. The Bertz CT molecular complexity index is 336. The van der Waals surface area contributed by atoms with Crippen LogP contribution in [0.5, 0.6) is 0 Å². The van der Waals surface area contributed by atoms with Crippen LogP contribution in [-0.4, -0.2) is 16.2 Å². The van der Waals surface area contributed by atoms with Crippen LogP contribution in [0.25, 0.3) is 0 Å². The van der Waals surface area contributed by atoms with Gasteiger partial charge in [-0.15, -0.1) is 0 Å². The Morgan fingerprint density at radius 2 is 2.15 bits per heavy atom. The summed E-state index contributed by atoms with van der Waals surface area (Å²) in [6.07, 6.45) is -1.66. The molecule has 0 heterocycles. The van der Waals surface area contributed by atoms with Crippen molar-refractivity contribution >= 4 is 5.97 Å². The molecule has 0 aliphatic heterocycles. The lowest BCUT2D eigenvalue weighted by atomic mass is 10.0. The van der Waals surface area contributed by atoms with E-state index in [1.807, 2.05) is 0 Å². The van der Waals surface area contributed by atoms with Crippen molar-refractivity contribution in [3.63, 3.8) is 0 Å². The summed E-state index contributed by atoms with van der Waals surface area (Å²) in [4.78, 5) is 10.4. The molecule has 0 amide bonds. The zero-order chi connectivity index (χ0) is 10.0. The van der Waals surface area contributed by atoms with Crippen LogP contribution in [0, 0.1) is 12.7 Å². The smallest absolute Gasteiger partial charge is 0.337 e. The van der Waals surface area contributed by atoms with Gasteiger partial charge in [-0.2, -0.15) is 0 Å². The summed E-state index contributed by atoms with van der Waals surface area (Å²) in [6, 6.07) is 3.97. The minimum absolute atomic E-state index is 0.0903. The highest BCUT2D eigenvalue weighted by atomic mass is 19.1. The van der Waals surface area contributed by atoms with E-state index in [-0.39, 0.29) is 11.1 Å². The highest BCUT2D eigenvalue weighted by Crippen LogP contribution is 2.19. The summed E-state index contributed by atoms with van der Waals surface area (Å²) in [6.45, 7) is 1.43. The maximum Gasteiger partial charge on any atom is 0.337 e. The first-order valence-corrected chi connectivity index (χ1v) is 3.70. The van der Waals surface area contributed by atoms with E-state index in [0.29, 0.717) is 0 Å². The Morgan fingerprint density at radius 3 is 2.69 bits per heavy atom. The van der Waals surface area contributed by atoms with E-state index in [0.717, 1.165) is 0 Å². The Kier molecular flexibility index (Phi) is 2.63. The minimum atomic E-state index is -1.66. The van der Waals surface area contributed by atoms with Gasteiger partial charge in [0.25, 0.3) is 0 Å². The van der Waals surface area contributed by atoms with Crippen molar-refractivity contribution in [3.8, 4) is 0 Å². The van der Waals surface area contributed by atoms with E-state index in [9.17, 15) is 9.18 Å². The Labute approximate surface area is 74.4 Å². The number of hydrogen-bond acceptors (Lipinski definition) is 2. The zero-order valence-electron chi connectivity index (χ0n) is 6.99. The van der Waals surface area contributed by atoms with Crippen molar-refractivity contribution in [2.75, 3.05) is 0 Å². The lowest BCUT2D eigenvalue weighted by molar-refractivity contribution is -0.147. The van der Waals surface area contributed by atoms with E-state index < -0.39 is 17.9 Å². The molecule has 0 radical (unpaired) electrons. The molecule has 0 bridgehead atoms. The number of rotatable bonds is 2. The fourth-order valence-electron chi connectivity index (χ4n) is 1.05. The van der Waals surface area contributed by atoms with Crippen molar-refractivity contribution in [2.24, 2.45) is 0 Å². The van der Waals surface area contributed by atoms with Crippen molar-refractivity contribution in [3.05, 3.63) is 35.1 Å². The van der Waals surface area contributed by atoms with Gasteiger partial charge in [0.15, 0.2) is 6.10 Å². The lowest BCUT2D eigenvalue weighted by Crippen LogP contribution is -2.12. The fraction of sp³-hybridized carbons (Fsp3) is 0.222. The molecule has 0 fully saturated rings. The number of aliphatic carboxylic acids is 1. The summed E-state index contributed by atoms with van der Waals surface area (Å²) in [5, 5.41) is 17.6. The summed E-state index contributed by atoms with van der Waals surface area (Å²) < 4.78 is 12.9. The number of hydrogen-bond donors (Lipinski definition) is 2. The third-order valence-electron chi connectivity index (χ3n) is 1.84. The van der Waals surface area contributed by atoms with Gasteiger partial charge >= 0.3 is 5.97 Å². The van der Waals surface area contributed by atoms with Gasteiger partial charge in [0.1, 0.15) is 5.82 Å². The molecule has 2 N–H and O–H groups in total. The lowest BCUT2D eigenvalue weighted by Gasteiger charge is -2.09. The van der Waals surface area contributed by atoms with Gasteiger partial charge in [-0.1, -0.05) is 12.1 Å². The summed E-state index contributed by atoms with van der Waals surface area (Å²) in [7, 11) is 0. The molecule has 1 rings (SSSR count). The van der Waals surface area contributed by atoms with Crippen LogP contribution in [0.1, 0.15) is 17.2 Å². The molecule has 0 saturated carbocycles. The molecule has 0 unspecified atom stereocenters. The second kappa shape index (κ2) is 3.53.